The van der Waals surface area contributed by atoms with Gasteiger partial charge in [-0.05, 0) is 41.6 Å². The Morgan fingerprint density at radius 1 is 1.25 bits per heavy atom. The second-order valence-corrected chi connectivity index (χ2v) is 8.19. The lowest BCUT2D eigenvalue weighted by atomic mass is 10.2. The van der Waals surface area contributed by atoms with E-state index >= 15 is 0 Å². The fraction of sp³-hybridized carbons (Fsp3) is 0.235. The van der Waals surface area contributed by atoms with Gasteiger partial charge in [0.05, 0.1) is 16.7 Å². The first-order valence-corrected chi connectivity index (χ1v) is 9.92. The lowest BCUT2D eigenvalue weighted by Crippen LogP contribution is -2.11. The molecule has 0 saturated heterocycles. The van der Waals surface area contributed by atoms with Crippen molar-refractivity contribution in [2.45, 2.75) is 6.92 Å². The molecule has 1 N–H and O–H groups in total. The number of nitrogens with zero attached hydrogens (tertiary/aromatic N) is 6. The first kappa shape index (κ1) is 18.3. The van der Waals surface area contributed by atoms with E-state index in [1.54, 1.807) is 48.3 Å². The van der Waals surface area contributed by atoms with Gasteiger partial charge in [0.25, 0.3) is 5.91 Å². The summed E-state index contributed by atoms with van der Waals surface area (Å²) >= 11 is 2.93. The van der Waals surface area contributed by atoms with Crippen molar-refractivity contribution < 1.29 is 9.53 Å². The molecule has 4 aromatic rings. The van der Waals surface area contributed by atoms with Gasteiger partial charge in [-0.25, -0.2) is 4.98 Å². The molecule has 1 aromatic carbocycles. The van der Waals surface area contributed by atoms with Crippen molar-refractivity contribution in [3.8, 4) is 11.4 Å². The smallest absolute Gasteiger partial charge is 0.265 e. The van der Waals surface area contributed by atoms with Crippen molar-refractivity contribution in [2.75, 3.05) is 31.4 Å². The molecule has 3 heterocycles. The summed E-state index contributed by atoms with van der Waals surface area (Å²) < 4.78 is 7.95. The van der Waals surface area contributed by atoms with E-state index in [-0.39, 0.29) is 5.91 Å². The molecule has 0 unspecified atom stereocenters. The minimum atomic E-state index is -0.189. The number of fused-ring (bicyclic) bond motifs is 1. The number of anilines is 2. The number of rotatable bonds is 5. The normalized spacial score (nSPS) is 11.0. The maximum Gasteiger partial charge on any atom is 0.265 e. The molecule has 9 nitrogen and oxygen atoms in total. The highest BCUT2D eigenvalue weighted by Crippen LogP contribution is 2.34. The highest BCUT2D eigenvalue weighted by molar-refractivity contribution is 7.29. The van der Waals surface area contributed by atoms with Gasteiger partial charge in [-0.2, -0.15) is 4.68 Å². The Bertz CT molecular complexity index is 1130. The Balaban J connectivity index is 1.61. The van der Waals surface area contributed by atoms with Gasteiger partial charge < -0.3 is 15.0 Å². The average molecular weight is 416 g/mol. The first-order chi connectivity index (χ1) is 13.5. The van der Waals surface area contributed by atoms with E-state index in [2.05, 4.69) is 25.8 Å². The Hall–Kier alpha value is -3.05. The molecule has 1 amide bonds. The van der Waals surface area contributed by atoms with Crippen molar-refractivity contribution in [3.63, 3.8) is 0 Å². The third-order valence-electron chi connectivity index (χ3n) is 3.97. The van der Waals surface area contributed by atoms with Crippen molar-refractivity contribution in [1.82, 2.24) is 25.2 Å². The van der Waals surface area contributed by atoms with Crippen LogP contribution < -0.4 is 15.0 Å². The van der Waals surface area contributed by atoms with Gasteiger partial charge in [0, 0.05) is 19.8 Å². The Morgan fingerprint density at radius 2 is 2.07 bits per heavy atom. The molecule has 0 radical (unpaired) electrons. The van der Waals surface area contributed by atoms with Crippen LogP contribution in [0.2, 0.25) is 0 Å². The van der Waals surface area contributed by atoms with Crippen LogP contribution in [-0.2, 0) is 0 Å². The number of amides is 1. The number of aromatic nitrogens is 5. The van der Waals surface area contributed by atoms with Gasteiger partial charge >= 0.3 is 0 Å². The van der Waals surface area contributed by atoms with Crippen LogP contribution in [0, 0.1) is 6.92 Å². The number of thiazole rings is 1. The molecular formula is C17H17N7O2S2. The fourth-order valence-electron chi connectivity index (χ4n) is 2.61. The minimum Gasteiger partial charge on any atom is -0.494 e. The zero-order valence-corrected chi connectivity index (χ0v) is 17.3. The largest absolute Gasteiger partial charge is 0.494 e. The summed E-state index contributed by atoms with van der Waals surface area (Å²) in [7, 11) is 5.47. The number of aryl methyl sites for hydroxylation is 1. The Morgan fingerprint density at radius 3 is 2.71 bits per heavy atom. The third kappa shape index (κ3) is 3.29. The Kier molecular flexibility index (Phi) is 4.69. The van der Waals surface area contributed by atoms with E-state index in [4.69, 9.17) is 4.74 Å². The molecule has 0 atom stereocenters. The molecule has 11 heteroatoms. The zero-order chi connectivity index (χ0) is 19.8. The Labute approximate surface area is 168 Å². The van der Waals surface area contributed by atoms with Gasteiger partial charge in [0.2, 0.25) is 0 Å². The highest BCUT2D eigenvalue weighted by atomic mass is 32.1. The van der Waals surface area contributed by atoms with Crippen LogP contribution in [0.1, 0.15) is 15.5 Å². The number of thiophene rings is 1. The molecule has 0 spiro atoms. The number of ether oxygens (including phenoxy) is 1. The van der Waals surface area contributed by atoms with E-state index < -0.39 is 0 Å². The van der Waals surface area contributed by atoms with E-state index in [1.807, 2.05) is 25.1 Å². The van der Waals surface area contributed by atoms with Gasteiger partial charge in [0.15, 0.2) is 11.0 Å². The highest BCUT2D eigenvalue weighted by Gasteiger charge is 2.16. The van der Waals surface area contributed by atoms with E-state index in [9.17, 15) is 4.79 Å². The van der Waals surface area contributed by atoms with Crippen molar-refractivity contribution >= 4 is 48.9 Å². The van der Waals surface area contributed by atoms with Gasteiger partial charge in [-0.15, -0.1) is 16.4 Å². The summed E-state index contributed by atoms with van der Waals surface area (Å²) in [6, 6.07) is 7.19. The van der Waals surface area contributed by atoms with E-state index in [1.165, 1.54) is 11.3 Å². The number of carbonyl (C=O) groups excluding carboxylic acids is 1. The molecule has 28 heavy (non-hydrogen) atoms. The van der Waals surface area contributed by atoms with Crippen LogP contribution >= 0.6 is 22.7 Å². The lowest BCUT2D eigenvalue weighted by molar-refractivity contribution is 0.103. The first-order valence-electron chi connectivity index (χ1n) is 8.28. The number of nitrogens with one attached hydrogen (secondary N) is 1. The van der Waals surface area contributed by atoms with Crippen molar-refractivity contribution in [2.24, 2.45) is 0 Å². The number of carbonyl (C=O) groups is 1. The fourth-order valence-corrected chi connectivity index (χ4v) is 4.64. The molecule has 0 aliphatic heterocycles. The predicted octanol–water partition coefficient (Wildman–Crippen LogP) is 2.97. The monoisotopic (exact) mass is 415 g/mol. The quantitative estimate of drug-likeness (QED) is 0.535. The molecular weight excluding hydrogens is 398 g/mol. The summed E-state index contributed by atoms with van der Waals surface area (Å²) in [5.74, 6) is 1.03. The maximum atomic E-state index is 12.7. The molecule has 3 aromatic heterocycles. The average Bonchev–Trinajstić information content (AvgIpc) is 3.35. The third-order valence-corrected chi connectivity index (χ3v) is 6.30. The number of hydrogen-bond donors (Lipinski definition) is 1. The summed E-state index contributed by atoms with van der Waals surface area (Å²) in [5, 5.41) is 15.4. The maximum absolute atomic E-state index is 12.7. The molecule has 0 saturated carbocycles. The van der Waals surface area contributed by atoms with E-state index in [0.29, 0.717) is 27.8 Å². The van der Waals surface area contributed by atoms with Crippen LogP contribution in [0.3, 0.4) is 0 Å². The predicted molar refractivity (Wildman–Crippen MR) is 110 cm³/mol. The summed E-state index contributed by atoms with van der Waals surface area (Å²) in [6.07, 6.45) is 0. The molecule has 0 bridgehead atoms. The number of benzene rings is 1. The zero-order valence-electron chi connectivity index (χ0n) is 15.6. The summed E-state index contributed by atoms with van der Waals surface area (Å²) in [4.78, 5) is 20.7. The SMILES string of the molecule is COc1ccc(NC(=O)c2cc3sc(N(C)C)nc3s2)cc1-n1nnnc1C. The van der Waals surface area contributed by atoms with Crippen LogP contribution in [-0.4, -0.2) is 52.3 Å². The van der Waals surface area contributed by atoms with Gasteiger partial charge in [-0.3, -0.25) is 4.79 Å². The summed E-state index contributed by atoms with van der Waals surface area (Å²) in [5.41, 5.74) is 1.27. The van der Waals surface area contributed by atoms with Crippen LogP contribution in [0.15, 0.2) is 24.3 Å². The summed E-state index contributed by atoms with van der Waals surface area (Å²) in [6.45, 7) is 1.79. The van der Waals surface area contributed by atoms with E-state index in [0.717, 1.165) is 14.7 Å². The molecule has 0 aliphatic rings. The molecule has 4 rings (SSSR count). The molecule has 0 aliphatic carbocycles. The van der Waals surface area contributed by atoms with Crippen LogP contribution in [0.5, 0.6) is 5.75 Å². The second kappa shape index (κ2) is 7.17. The van der Waals surface area contributed by atoms with Gasteiger partial charge in [0.1, 0.15) is 16.3 Å². The van der Waals surface area contributed by atoms with Crippen molar-refractivity contribution in [3.05, 3.63) is 35.0 Å². The van der Waals surface area contributed by atoms with Crippen molar-refractivity contribution in [1.29, 1.82) is 0 Å². The van der Waals surface area contributed by atoms with Gasteiger partial charge in [-0.1, -0.05) is 11.3 Å². The number of methoxy groups -OCH3 is 1. The lowest BCUT2D eigenvalue weighted by Gasteiger charge is -2.11. The minimum absolute atomic E-state index is 0.189. The van der Waals surface area contributed by atoms with Crippen LogP contribution in [0.4, 0.5) is 10.8 Å². The number of tetrazole rings is 1. The molecule has 144 valence electrons. The number of hydrogen-bond acceptors (Lipinski definition) is 9. The second-order valence-electron chi connectivity index (χ2n) is 6.15. The van der Waals surface area contributed by atoms with Crippen LogP contribution in [0.25, 0.3) is 15.2 Å². The molecule has 0 fully saturated rings. The topological polar surface area (TPSA) is 98.1 Å². The standard InChI is InChI=1S/C17H17N7O2S2/c1-9-20-21-22-24(9)11-7-10(5-6-12(11)26-4)18-15(25)13-8-14-16(27-13)19-17(28-14)23(2)3/h5-8H,1-4H3,(H,18,25).